The molecule has 1 unspecified atom stereocenters. The van der Waals surface area contributed by atoms with Crippen LogP contribution in [-0.2, 0) is 11.3 Å². The molecule has 1 aromatic carbocycles. The smallest absolute Gasteiger partial charge is 0.264 e. The number of likely N-dealkylation sites (tertiary alicyclic amines) is 1. The number of carbonyl (C=O) groups is 1. The summed E-state index contributed by atoms with van der Waals surface area (Å²) in [4.78, 5) is 20.3. The molecule has 148 valence electrons. The summed E-state index contributed by atoms with van der Waals surface area (Å²) in [6.45, 7) is 3.08. The molecule has 1 atom stereocenters. The standard InChI is InChI=1S/C20H23ClN4O2S/c1-27-11-9-22-19-20(23-12-14-4-2-3-5-15(14)24-19)8-10-25(13-20)18(26)16-6-7-17(21)28-16/h2-7,23H,8-13H2,1H3,(H,22,24). The predicted molar refractivity (Wildman–Crippen MR) is 114 cm³/mol. The van der Waals surface area contributed by atoms with Gasteiger partial charge in [-0.1, -0.05) is 29.8 Å². The average Bonchev–Trinajstić information content (AvgIpc) is 3.29. The van der Waals surface area contributed by atoms with E-state index in [0.29, 0.717) is 35.5 Å². The minimum Gasteiger partial charge on any atom is -0.383 e. The van der Waals surface area contributed by atoms with Crippen LogP contribution in [0, 0.1) is 0 Å². The van der Waals surface area contributed by atoms with Crippen LogP contribution < -0.4 is 10.6 Å². The molecule has 8 heteroatoms. The second kappa shape index (κ2) is 8.21. The fourth-order valence-corrected chi connectivity index (χ4v) is 4.75. The molecular formula is C20H23ClN4O2S. The molecule has 2 N–H and O–H groups in total. The first kappa shape index (κ1) is 19.4. The van der Waals surface area contributed by atoms with Crippen molar-refractivity contribution in [3.8, 4) is 0 Å². The fraction of sp³-hybridized carbons (Fsp3) is 0.400. The Bertz CT molecular complexity index is 900. The van der Waals surface area contributed by atoms with Gasteiger partial charge in [-0.25, -0.2) is 0 Å². The maximum Gasteiger partial charge on any atom is 0.264 e. The predicted octanol–water partition coefficient (Wildman–Crippen LogP) is 3.25. The SMILES string of the molecule is COCCN=C1Nc2ccccc2CNC12CCN(C(=O)c1ccc(Cl)s1)C2. The van der Waals surface area contributed by atoms with Crippen LogP contribution in [-0.4, -0.2) is 55.5 Å². The second-order valence-electron chi connectivity index (χ2n) is 7.02. The van der Waals surface area contributed by atoms with Crippen LogP contribution in [0.1, 0.15) is 21.7 Å². The first-order valence-corrected chi connectivity index (χ1v) is 10.5. The number of para-hydroxylation sites is 1. The molecule has 0 radical (unpaired) electrons. The number of anilines is 1. The van der Waals surface area contributed by atoms with Gasteiger partial charge in [0.1, 0.15) is 5.84 Å². The Kier molecular flexibility index (Phi) is 5.68. The van der Waals surface area contributed by atoms with E-state index in [9.17, 15) is 4.79 Å². The van der Waals surface area contributed by atoms with Gasteiger partial charge >= 0.3 is 0 Å². The molecule has 2 aliphatic rings. The molecule has 28 heavy (non-hydrogen) atoms. The lowest BCUT2D eigenvalue weighted by Gasteiger charge is -2.30. The molecule has 0 bridgehead atoms. The van der Waals surface area contributed by atoms with Crippen molar-refractivity contribution in [3.05, 3.63) is 51.2 Å². The van der Waals surface area contributed by atoms with Gasteiger partial charge < -0.3 is 15.0 Å². The zero-order valence-electron chi connectivity index (χ0n) is 15.7. The van der Waals surface area contributed by atoms with Gasteiger partial charge in [0.15, 0.2) is 0 Å². The van der Waals surface area contributed by atoms with Crippen LogP contribution in [0.2, 0.25) is 4.34 Å². The lowest BCUT2D eigenvalue weighted by molar-refractivity contribution is 0.0790. The Morgan fingerprint density at radius 2 is 2.21 bits per heavy atom. The summed E-state index contributed by atoms with van der Waals surface area (Å²) in [5.74, 6) is 0.891. The molecule has 2 aliphatic heterocycles. The van der Waals surface area contributed by atoms with Crippen LogP contribution >= 0.6 is 22.9 Å². The lowest BCUT2D eigenvalue weighted by Crippen LogP contribution is -2.55. The Labute approximate surface area is 173 Å². The van der Waals surface area contributed by atoms with Gasteiger partial charge in [0.25, 0.3) is 5.91 Å². The number of hydrogen-bond acceptors (Lipinski definition) is 5. The van der Waals surface area contributed by atoms with E-state index in [1.807, 2.05) is 17.0 Å². The summed E-state index contributed by atoms with van der Waals surface area (Å²) in [6, 6.07) is 11.8. The van der Waals surface area contributed by atoms with Crippen molar-refractivity contribution >= 4 is 40.4 Å². The molecule has 1 fully saturated rings. The third kappa shape index (κ3) is 3.80. The van der Waals surface area contributed by atoms with Gasteiger partial charge in [-0.2, -0.15) is 0 Å². The van der Waals surface area contributed by atoms with Gasteiger partial charge in [0, 0.05) is 32.4 Å². The second-order valence-corrected chi connectivity index (χ2v) is 8.74. The fourth-order valence-electron chi connectivity index (χ4n) is 3.74. The number of aliphatic imine (C=N–C) groups is 1. The number of methoxy groups -OCH3 is 1. The molecule has 4 rings (SSSR count). The molecule has 0 saturated carbocycles. The highest BCUT2D eigenvalue weighted by molar-refractivity contribution is 7.17. The Hall–Kier alpha value is -1.93. The van der Waals surface area contributed by atoms with Crippen LogP contribution in [0.5, 0.6) is 0 Å². The zero-order valence-corrected chi connectivity index (χ0v) is 17.3. The van der Waals surface area contributed by atoms with Crippen LogP contribution in [0.15, 0.2) is 41.4 Å². The van der Waals surface area contributed by atoms with Crippen LogP contribution in [0.4, 0.5) is 5.69 Å². The molecular weight excluding hydrogens is 396 g/mol. The number of ether oxygens (including phenoxy) is 1. The summed E-state index contributed by atoms with van der Waals surface area (Å²) in [5.41, 5.74) is 1.84. The molecule has 3 heterocycles. The van der Waals surface area contributed by atoms with Gasteiger partial charge in [0.2, 0.25) is 0 Å². The quantitative estimate of drug-likeness (QED) is 0.748. The van der Waals surface area contributed by atoms with E-state index >= 15 is 0 Å². The van der Waals surface area contributed by atoms with E-state index in [1.54, 1.807) is 19.2 Å². The van der Waals surface area contributed by atoms with E-state index in [1.165, 1.54) is 16.9 Å². The number of amidine groups is 1. The maximum atomic E-state index is 12.9. The third-order valence-electron chi connectivity index (χ3n) is 5.25. The van der Waals surface area contributed by atoms with Gasteiger partial charge in [-0.05, 0) is 30.2 Å². The number of thiophene rings is 1. The molecule has 2 aromatic rings. The number of nitrogens with zero attached hydrogens (tertiary/aromatic N) is 2. The average molecular weight is 419 g/mol. The maximum absolute atomic E-state index is 12.9. The highest BCUT2D eigenvalue weighted by Crippen LogP contribution is 2.31. The monoisotopic (exact) mass is 418 g/mol. The Morgan fingerprint density at radius 1 is 1.36 bits per heavy atom. The minimum absolute atomic E-state index is 0.0218. The van der Waals surface area contributed by atoms with Crippen molar-refractivity contribution in [1.29, 1.82) is 0 Å². The van der Waals surface area contributed by atoms with Gasteiger partial charge in [-0.3, -0.25) is 15.1 Å². The molecule has 1 spiro atoms. The number of hydrogen-bond donors (Lipinski definition) is 2. The summed E-state index contributed by atoms with van der Waals surface area (Å²) < 4.78 is 5.80. The Balaban J connectivity index is 1.60. The van der Waals surface area contributed by atoms with Gasteiger partial charge in [0.05, 0.1) is 27.9 Å². The van der Waals surface area contributed by atoms with Crippen molar-refractivity contribution < 1.29 is 9.53 Å². The summed E-state index contributed by atoms with van der Waals surface area (Å²) >= 11 is 7.34. The zero-order chi connectivity index (χ0) is 19.6. The number of fused-ring (bicyclic) bond motifs is 1. The molecule has 0 aliphatic carbocycles. The molecule has 1 amide bonds. The van der Waals surface area contributed by atoms with E-state index in [-0.39, 0.29) is 5.91 Å². The summed E-state index contributed by atoms with van der Waals surface area (Å²) in [7, 11) is 1.67. The van der Waals surface area contributed by atoms with Crippen molar-refractivity contribution in [2.75, 3.05) is 38.7 Å². The first-order chi connectivity index (χ1) is 13.6. The third-order valence-corrected chi connectivity index (χ3v) is 6.47. The first-order valence-electron chi connectivity index (χ1n) is 9.30. The van der Waals surface area contributed by atoms with E-state index in [4.69, 9.17) is 21.3 Å². The summed E-state index contributed by atoms with van der Waals surface area (Å²) in [5, 5.41) is 7.21. The van der Waals surface area contributed by atoms with E-state index in [0.717, 1.165) is 24.5 Å². The molecule has 1 saturated heterocycles. The number of rotatable bonds is 4. The topological polar surface area (TPSA) is 66.0 Å². The van der Waals surface area contributed by atoms with E-state index in [2.05, 4.69) is 22.8 Å². The molecule has 6 nitrogen and oxygen atoms in total. The highest BCUT2D eigenvalue weighted by atomic mass is 35.5. The number of benzene rings is 1. The van der Waals surface area contributed by atoms with Crippen molar-refractivity contribution in [2.24, 2.45) is 4.99 Å². The number of halogens is 1. The number of nitrogens with one attached hydrogen (secondary N) is 2. The Morgan fingerprint density at radius 3 is 3.00 bits per heavy atom. The molecule has 1 aromatic heterocycles. The number of carbonyl (C=O) groups excluding carboxylic acids is 1. The van der Waals surface area contributed by atoms with Gasteiger partial charge in [-0.15, -0.1) is 11.3 Å². The normalized spacial score (nSPS) is 22.9. The van der Waals surface area contributed by atoms with Crippen molar-refractivity contribution in [3.63, 3.8) is 0 Å². The van der Waals surface area contributed by atoms with Crippen molar-refractivity contribution in [2.45, 2.75) is 18.5 Å². The van der Waals surface area contributed by atoms with Crippen LogP contribution in [0.25, 0.3) is 0 Å². The minimum atomic E-state index is -0.399. The van der Waals surface area contributed by atoms with Crippen molar-refractivity contribution in [1.82, 2.24) is 10.2 Å². The summed E-state index contributed by atoms with van der Waals surface area (Å²) in [6.07, 6.45) is 0.796. The van der Waals surface area contributed by atoms with E-state index < -0.39 is 5.54 Å². The largest absolute Gasteiger partial charge is 0.383 e. The number of amides is 1. The van der Waals surface area contributed by atoms with Crippen LogP contribution in [0.3, 0.4) is 0 Å². The lowest BCUT2D eigenvalue weighted by atomic mass is 9.96. The highest BCUT2D eigenvalue weighted by Gasteiger charge is 2.45.